The van der Waals surface area contributed by atoms with E-state index in [1.54, 1.807) is 7.05 Å². The van der Waals surface area contributed by atoms with Crippen molar-refractivity contribution in [3.8, 4) is 0 Å². The van der Waals surface area contributed by atoms with Crippen molar-refractivity contribution in [3.63, 3.8) is 0 Å². The number of nitrogens with two attached hydrogens (primary N) is 1. The molecule has 1 amide bonds. The van der Waals surface area contributed by atoms with Crippen molar-refractivity contribution in [2.24, 2.45) is 5.84 Å². The number of carbonyl (C=O) groups excluding carboxylic acids is 1. The van der Waals surface area contributed by atoms with Gasteiger partial charge in [0.2, 0.25) is 5.91 Å². The minimum atomic E-state index is -0.0495. The Morgan fingerprint density at radius 2 is 2.28 bits per heavy atom. The van der Waals surface area contributed by atoms with Crippen LogP contribution in [-0.2, 0) is 11.2 Å². The van der Waals surface area contributed by atoms with Gasteiger partial charge in [0.15, 0.2) is 11.5 Å². The SMILES string of the molecule is Cc1nc2ccc(CCCC(=O)N(C)N)cc2o1. The Labute approximate surface area is 106 Å². The van der Waals surface area contributed by atoms with Gasteiger partial charge in [0.25, 0.3) is 0 Å². The van der Waals surface area contributed by atoms with Crippen LogP contribution in [-0.4, -0.2) is 22.9 Å². The molecule has 18 heavy (non-hydrogen) atoms. The fraction of sp³-hybridized carbons (Fsp3) is 0.385. The van der Waals surface area contributed by atoms with Crippen molar-refractivity contribution in [1.29, 1.82) is 0 Å². The van der Waals surface area contributed by atoms with Gasteiger partial charge >= 0.3 is 0 Å². The van der Waals surface area contributed by atoms with Crippen molar-refractivity contribution >= 4 is 17.0 Å². The number of aryl methyl sites for hydroxylation is 2. The number of aromatic nitrogens is 1. The Balaban J connectivity index is 1.97. The molecule has 1 aromatic carbocycles. The quantitative estimate of drug-likeness (QED) is 0.508. The van der Waals surface area contributed by atoms with Crippen LogP contribution in [0.15, 0.2) is 22.6 Å². The lowest BCUT2D eigenvalue weighted by molar-refractivity contribution is -0.130. The first kappa shape index (κ1) is 12.6. The third kappa shape index (κ3) is 2.87. The Kier molecular flexibility index (Phi) is 3.62. The van der Waals surface area contributed by atoms with Gasteiger partial charge in [-0.15, -0.1) is 0 Å². The van der Waals surface area contributed by atoms with Gasteiger partial charge in [0.05, 0.1) is 0 Å². The summed E-state index contributed by atoms with van der Waals surface area (Å²) in [5.41, 5.74) is 2.81. The standard InChI is InChI=1S/C13H17N3O2/c1-9-15-11-7-6-10(8-12(11)18-9)4-3-5-13(17)16(2)14/h6-8H,3-5,14H2,1-2H3. The zero-order chi connectivity index (χ0) is 13.1. The molecule has 0 aliphatic rings. The van der Waals surface area contributed by atoms with E-state index in [2.05, 4.69) is 4.98 Å². The van der Waals surface area contributed by atoms with Crippen LogP contribution in [0.3, 0.4) is 0 Å². The van der Waals surface area contributed by atoms with Crippen LogP contribution in [0.2, 0.25) is 0 Å². The topological polar surface area (TPSA) is 72.4 Å². The number of fused-ring (bicyclic) bond motifs is 1. The van der Waals surface area contributed by atoms with E-state index in [1.165, 1.54) is 0 Å². The molecular weight excluding hydrogens is 230 g/mol. The first-order chi connectivity index (χ1) is 8.56. The van der Waals surface area contributed by atoms with Crippen molar-refractivity contribution in [3.05, 3.63) is 29.7 Å². The van der Waals surface area contributed by atoms with Gasteiger partial charge in [-0.1, -0.05) is 6.07 Å². The summed E-state index contributed by atoms with van der Waals surface area (Å²) >= 11 is 0. The van der Waals surface area contributed by atoms with E-state index < -0.39 is 0 Å². The summed E-state index contributed by atoms with van der Waals surface area (Å²) in [6.07, 6.45) is 2.06. The number of benzene rings is 1. The van der Waals surface area contributed by atoms with Gasteiger partial charge in [0, 0.05) is 20.4 Å². The number of rotatable bonds is 4. The number of carbonyl (C=O) groups is 1. The lowest BCUT2D eigenvalue weighted by Crippen LogP contribution is -2.32. The highest BCUT2D eigenvalue weighted by atomic mass is 16.3. The molecule has 0 spiro atoms. The molecule has 0 saturated carbocycles. The molecule has 0 fully saturated rings. The first-order valence-electron chi connectivity index (χ1n) is 5.93. The lowest BCUT2D eigenvalue weighted by Gasteiger charge is -2.09. The van der Waals surface area contributed by atoms with E-state index in [-0.39, 0.29) is 5.91 Å². The molecule has 5 heteroatoms. The molecule has 0 aliphatic carbocycles. The summed E-state index contributed by atoms with van der Waals surface area (Å²) in [5.74, 6) is 5.97. The van der Waals surface area contributed by atoms with Crippen LogP contribution in [0.25, 0.3) is 11.1 Å². The summed E-state index contributed by atoms with van der Waals surface area (Å²) in [6, 6.07) is 5.94. The average Bonchev–Trinajstić information content (AvgIpc) is 2.68. The molecule has 1 heterocycles. The fourth-order valence-electron chi connectivity index (χ4n) is 1.86. The van der Waals surface area contributed by atoms with E-state index in [0.717, 1.165) is 34.5 Å². The Morgan fingerprint density at radius 1 is 1.50 bits per heavy atom. The second kappa shape index (κ2) is 5.18. The number of amides is 1. The molecule has 2 aromatic rings. The Hall–Kier alpha value is -1.88. The Bertz CT molecular complexity index is 560. The van der Waals surface area contributed by atoms with E-state index in [9.17, 15) is 4.79 Å². The number of hydrazine groups is 1. The molecule has 2 N–H and O–H groups in total. The van der Waals surface area contributed by atoms with Crippen LogP contribution >= 0.6 is 0 Å². The summed E-state index contributed by atoms with van der Waals surface area (Å²) in [6.45, 7) is 1.83. The van der Waals surface area contributed by atoms with Crippen molar-refractivity contribution in [2.75, 3.05) is 7.05 Å². The number of hydrogen-bond acceptors (Lipinski definition) is 4. The molecule has 0 aliphatic heterocycles. The fourth-order valence-corrected chi connectivity index (χ4v) is 1.86. The maximum Gasteiger partial charge on any atom is 0.236 e. The second-order valence-corrected chi connectivity index (χ2v) is 4.39. The molecule has 0 saturated heterocycles. The number of oxazole rings is 1. The molecule has 0 radical (unpaired) electrons. The predicted octanol–water partition coefficient (Wildman–Crippen LogP) is 1.79. The van der Waals surface area contributed by atoms with Gasteiger partial charge in [-0.3, -0.25) is 9.80 Å². The normalized spacial score (nSPS) is 10.8. The zero-order valence-electron chi connectivity index (χ0n) is 10.6. The number of nitrogens with zero attached hydrogens (tertiary/aromatic N) is 2. The largest absolute Gasteiger partial charge is 0.441 e. The van der Waals surface area contributed by atoms with Gasteiger partial charge in [0.1, 0.15) is 5.52 Å². The first-order valence-corrected chi connectivity index (χ1v) is 5.93. The zero-order valence-corrected chi connectivity index (χ0v) is 10.6. The van der Waals surface area contributed by atoms with Crippen LogP contribution in [0.1, 0.15) is 24.3 Å². The van der Waals surface area contributed by atoms with Gasteiger partial charge in [-0.05, 0) is 30.5 Å². The van der Waals surface area contributed by atoms with Crippen molar-refractivity contribution in [1.82, 2.24) is 9.99 Å². The van der Waals surface area contributed by atoms with E-state index in [0.29, 0.717) is 12.3 Å². The molecule has 0 unspecified atom stereocenters. The van der Waals surface area contributed by atoms with Crippen LogP contribution in [0.5, 0.6) is 0 Å². The van der Waals surface area contributed by atoms with Gasteiger partial charge < -0.3 is 4.42 Å². The minimum Gasteiger partial charge on any atom is -0.441 e. The summed E-state index contributed by atoms with van der Waals surface area (Å²) < 4.78 is 5.47. The molecule has 0 atom stereocenters. The molecule has 1 aromatic heterocycles. The lowest BCUT2D eigenvalue weighted by atomic mass is 10.1. The van der Waals surface area contributed by atoms with Crippen LogP contribution in [0.4, 0.5) is 0 Å². The summed E-state index contributed by atoms with van der Waals surface area (Å²) in [7, 11) is 1.56. The molecular formula is C13H17N3O2. The second-order valence-electron chi connectivity index (χ2n) is 4.39. The summed E-state index contributed by atoms with van der Waals surface area (Å²) in [5, 5.41) is 1.13. The minimum absolute atomic E-state index is 0.0495. The van der Waals surface area contributed by atoms with Crippen molar-refractivity contribution in [2.45, 2.75) is 26.2 Å². The maximum atomic E-state index is 11.3. The Morgan fingerprint density at radius 3 is 3.00 bits per heavy atom. The van der Waals surface area contributed by atoms with E-state index in [4.69, 9.17) is 10.3 Å². The third-order valence-corrected chi connectivity index (χ3v) is 2.81. The van der Waals surface area contributed by atoms with Gasteiger partial charge in [-0.2, -0.15) is 0 Å². The molecule has 96 valence electrons. The van der Waals surface area contributed by atoms with E-state index in [1.807, 2.05) is 25.1 Å². The highest BCUT2D eigenvalue weighted by Crippen LogP contribution is 2.18. The molecule has 2 rings (SSSR count). The highest BCUT2D eigenvalue weighted by Gasteiger charge is 2.06. The maximum absolute atomic E-state index is 11.3. The molecule has 5 nitrogen and oxygen atoms in total. The molecule has 0 bridgehead atoms. The highest BCUT2D eigenvalue weighted by molar-refractivity contribution is 5.75. The predicted molar refractivity (Wildman–Crippen MR) is 68.6 cm³/mol. The monoisotopic (exact) mass is 247 g/mol. The summed E-state index contributed by atoms with van der Waals surface area (Å²) in [4.78, 5) is 15.6. The number of hydrogen-bond donors (Lipinski definition) is 1. The third-order valence-electron chi connectivity index (χ3n) is 2.81. The average molecular weight is 247 g/mol. The smallest absolute Gasteiger partial charge is 0.236 e. The van der Waals surface area contributed by atoms with Gasteiger partial charge in [-0.25, -0.2) is 10.8 Å². The van der Waals surface area contributed by atoms with Crippen molar-refractivity contribution < 1.29 is 9.21 Å². The van der Waals surface area contributed by atoms with Crippen LogP contribution < -0.4 is 5.84 Å². The van der Waals surface area contributed by atoms with Crippen LogP contribution in [0, 0.1) is 6.92 Å². The van der Waals surface area contributed by atoms with E-state index >= 15 is 0 Å².